The number of carbonyl (C=O) groups excluding carboxylic acids is 2. The van der Waals surface area contributed by atoms with Gasteiger partial charge in [-0.05, 0) is 30.7 Å². The fourth-order valence-corrected chi connectivity index (χ4v) is 5.55. The van der Waals surface area contributed by atoms with E-state index in [1.54, 1.807) is 33.5 Å². The second-order valence-electron chi connectivity index (χ2n) is 13.4. The molecule has 0 heterocycles. The van der Waals surface area contributed by atoms with E-state index in [-0.39, 0.29) is 92.7 Å². The van der Waals surface area contributed by atoms with Crippen LogP contribution in [0.2, 0.25) is 0 Å². The summed E-state index contributed by atoms with van der Waals surface area (Å²) in [6.45, 7) is 7.05. The highest BCUT2D eigenvalue weighted by molar-refractivity contribution is 6.11. The van der Waals surface area contributed by atoms with Crippen molar-refractivity contribution in [3.05, 3.63) is 69.3 Å². The monoisotopic (exact) mass is 921 g/mol. The summed E-state index contributed by atoms with van der Waals surface area (Å²) in [6.07, 6.45) is 0. The van der Waals surface area contributed by atoms with Crippen LogP contribution in [0, 0.1) is 17.0 Å². The third-order valence-corrected chi connectivity index (χ3v) is 8.77. The molecule has 65 heavy (non-hydrogen) atoms. The maximum atomic E-state index is 14.1. The lowest BCUT2D eigenvalue weighted by Gasteiger charge is -2.18. The Hall–Kier alpha value is -5.36. The Labute approximate surface area is 379 Å². The highest BCUT2D eigenvalue weighted by atomic mass is 16.6. The number of hydrogen-bond acceptors (Lipinski definition) is 18. The van der Waals surface area contributed by atoms with Crippen LogP contribution in [0.4, 0.5) is 17.1 Å². The van der Waals surface area contributed by atoms with E-state index < -0.39 is 22.4 Å². The van der Waals surface area contributed by atoms with E-state index in [2.05, 4.69) is 10.6 Å². The minimum Gasteiger partial charge on any atom is -0.496 e. The van der Waals surface area contributed by atoms with E-state index >= 15 is 0 Å². The maximum Gasteiger partial charge on any atom is 0.312 e. The number of nitro groups is 1. The molecule has 3 aromatic carbocycles. The molecule has 0 fully saturated rings. The number of nitro benzene ring substituents is 1. The number of anilines is 2. The first kappa shape index (κ1) is 54.0. The van der Waals surface area contributed by atoms with E-state index in [0.29, 0.717) is 77.5 Å². The van der Waals surface area contributed by atoms with E-state index in [9.17, 15) is 19.7 Å². The first-order valence-electron chi connectivity index (χ1n) is 20.8. The first-order valence-corrected chi connectivity index (χ1v) is 20.8. The molecule has 362 valence electrons. The van der Waals surface area contributed by atoms with Crippen molar-refractivity contribution in [2.24, 2.45) is 0 Å². The molecule has 0 aliphatic carbocycles. The summed E-state index contributed by atoms with van der Waals surface area (Å²) in [6, 6.07) is 10.4. The number of nitrogens with one attached hydrogen (secondary N) is 2. The molecule has 0 unspecified atom stereocenters. The van der Waals surface area contributed by atoms with E-state index in [4.69, 9.17) is 66.3 Å². The summed E-state index contributed by atoms with van der Waals surface area (Å²) in [4.78, 5) is 39.7. The first-order chi connectivity index (χ1) is 31.7. The number of hydrogen-bond donors (Lipinski definition) is 2. The minimum absolute atomic E-state index is 0.0196. The van der Waals surface area contributed by atoms with Crippen LogP contribution in [-0.2, 0) is 42.6 Å². The molecule has 3 rings (SSSR count). The maximum absolute atomic E-state index is 14.1. The van der Waals surface area contributed by atoms with Crippen molar-refractivity contribution in [2.45, 2.75) is 6.92 Å². The highest BCUT2D eigenvalue weighted by Crippen LogP contribution is 2.38. The van der Waals surface area contributed by atoms with Crippen molar-refractivity contribution >= 4 is 28.9 Å². The van der Waals surface area contributed by atoms with Gasteiger partial charge in [-0.25, -0.2) is 0 Å². The lowest BCUT2D eigenvalue weighted by Crippen LogP contribution is -2.19. The van der Waals surface area contributed by atoms with Gasteiger partial charge in [0.25, 0.3) is 11.8 Å². The highest BCUT2D eigenvalue weighted by Gasteiger charge is 2.26. The molecule has 2 N–H and O–H groups in total. The lowest BCUT2D eigenvalue weighted by molar-refractivity contribution is -0.385. The quantitative estimate of drug-likeness (QED) is 0.0457. The molecule has 2 amide bonds. The van der Waals surface area contributed by atoms with Crippen LogP contribution in [0.1, 0.15) is 26.3 Å². The SMILES string of the molecule is COCCOCCOCCOc1ccc(C)cc1NC(=O)c1cc(NC(=O)c2cc([N+](=O)[O-])c(OCCOCCOCCOC)cc2OCCOCCOCCOC)c(OC)cc1OC. The molecule has 21 heteroatoms. The fourth-order valence-electron chi connectivity index (χ4n) is 5.55. The number of ether oxygens (including phenoxy) is 14. The Bertz CT molecular complexity index is 1870. The molecule has 0 spiro atoms. The van der Waals surface area contributed by atoms with Gasteiger partial charge in [0.15, 0.2) is 0 Å². The zero-order valence-electron chi connectivity index (χ0n) is 38.1. The molecule has 0 atom stereocenters. The van der Waals surface area contributed by atoms with Gasteiger partial charge >= 0.3 is 5.69 Å². The fraction of sp³-hybridized carbons (Fsp3) is 0.545. The normalized spacial score (nSPS) is 11.0. The summed E-state index contributed by atoms with van der Waals surface area (Å²) >= 11 is 0. The number of aryl methyl sites for hydroxylation is 1. The van der Waals surface area contributed by atoms with Gasteiger partial charge < -0.3 is 76.9 Å². The molecular weight excluding hydrogens is 858 g/mol. The van der Waals surface area contributed by atoms with Crippen LogP contribution in [0.3, 0.4) is 0 Å². The van der Waals surface area contributed by atoms with Crippen LogP contribution >= 0.6 is 0 Å². The van der Waals surface area contributed by atoms with Crippen molar-refractivity contribution in [2.75, 3.05) is 165 Å². The summed E-state index contributed by atoms with van der Waals surface area (Å²) < 4.78 is 76.5. The van der Waals surface area contributed by atoms with Gasteiger partial charge in [0.05, 0.1) is 141 Å². The second-order valence-corrected chi connectivity index (χ2v) is 13.4. The Morgan fingerprint density at radius 1 is 0.462 bits per heavy atom. The van der Waals surface area contributed by atoms with Gasteiger partial charge in [-0.2, -0.15) is 0 Å². The van der Waals surface area contributed by atoms with Crippen molar-refractivity contribution in [3.63, 3.8) is 0 Å². The topological polar surface area (TPSA) is 231 Å². The summed E-state index contributed by atoms with van der Waals surface area (Å²) in [5.74, 6) is -0.999. The average molecular weight is 922 g/mol. The Kier molecular flexibility index (Phi) is 26.8. The predicted octanol–water partition coefficient (Wildman–Crippen LogP) is 4.60. The number of methoxy groups -OCH3 is 5. The van der Waals surface area contributed by atoms with Gasteiger partial charge in [0.2, 0.25) is 5.75 Å². The molecule has 0 saturated heterocycles. The summed E-state index contributed by atoms with van der Waals surface area (Å²) in [5.41, 5.74) is 0.559. The Morgan fingerprint density at radius 2 is 0.846 bits per heavy atom. The summed E-state index contributed by atoms with van der Waals surface area (Å²) in [7, 11) is 7.49. The zero-order chi connectivity index (χ0) is 47.1. The standard InChI is InChI=1S/C44H63N3O18/c1-32-7-8-38(63-24-21-60-18-15-57-12-9-52-2)35(27-32)45-43(48)33-28-36(41(56-6)30-39(33)55-5)46-44(49)34-29-37(47(50)51)42(65-26-23-62-20-17-59-14-11-54-4)31-40(34)64-25-22-61-19-16-58-13-10-53-3/h7-8,27-31H,9-26H2,1-6H3,(H,45,48)(H,46,49). The van der Waals surface area contributed by atoms with Crippen LogP contribution in [0.25, 0.3) is 0 Å². The number of nitrogens with zero attached hydrogens (tertiary/aromatic N) is 1. The zero-order valence-corrected chi connectivity index (χ0v) is 38.1. The van der Waals surface area contributed by atoms with Crippen molar-refractivity contribution in [1.29, 1.82) is 0 Å². The molecule has 0 aromatic heterocycles. The molecule has 0 bridgehead atoms. The Balaban J connectivity index is 1.83. The number of benzene rings is 3. The van der Waals surface area contributed by atoms with Crippen molar-refractivity contribution < 1.29 is 80.8 Å². The summed E-state index contributed by atoms with van der Waals surface area (Å²) in [5, 5.41) is 17.9. The van der Waals surface area contributed by atoms with Crippen LogP contribution in [0.5, 0.6) is 28.7 Å². The minimum atomic E-state index is -0.827. The van der Waals surface area contributed by atoms with Gasteiger partial charge in [-0.1, -0.05) is 6.07 Å². The van der Waals surface area contributed by atoms with Crippen molar-refractivity contribution in [1.82, 2.24) is 0 Å². The van der Waals surface area contributed by atoms with Crippen LogP contribution in [0.15, 0.2) is 42.5 Å². The molecule has 0 aliphatic heterocycles. The van der Waals surface area contributed by atoms with Gasteiger partial charge in [0, 0.05) is 39.5 Å². The van der Waals surface area contributed by atoms with E-state index in [1.807, 2.05) is 13.0 Å². The molecular formula is C44H63N3O18. The molecule has 0 radical (unpaired) electrons. The lowest BCUT2D eigenvalue weighted by atomic mass is 10.1. The molecule has 21 nitrogen and oxygen atoms in total. The van der Waals surface area contributed by atoms with Crippen LogP contribution < -0.4 is 34.3 Å². The number of rotatable bonds is 37. The van der Waals surface area contributed by atoms with Crippen molar-refractivity contribution in [3.8, 4) is 28.7 Å². The average Bonchev–Trinajstić information content (AvgIpc) is 3.30. The van der Waals surface area contributed by atoms with E-state index in [0.717, 1.165) is 11.6 Å². The molecule has 0 saturated carbocycles. The predicted molar refractivity (Wildman–Crippen MR) is 237 cm³/mol. The smallest absolute Gasteiger partial charge is 0.312 e. The third kappa shape index (κ3) is 20.1. The molecule has 0 aliphatic rings. The molecule has 3 aromatic rings. The van der Waals surface area contributed by atoms with Gasteiger partial charge in [-0.3, -0.25) is 19.7 Å². The van der Waals surface area contributed by atoms with Gasteiger partial charge in [0.1, 0.15) is 42.8 Å². The largest absolute Gasteiger partial charge is 0.496 e. The van der Waals surface area contributed by atoms with E-state index in [1.165, 1.54) is 32.4 Å². The van der Waals surface area contributed by atoms with Gasteiger partial charge in [-0.15, -0.1) is 0 Å². The number of amides is 2. The Morgan fingerprint density at radius 3 is 1.29 bits per heavy atom. The van der Waals surface area contributed by atoms with Crippen LogP contribution in [-0.4, -0.2) is 171 Å². The number of carbonyl (C=O) groups is 2. The third-order valence-electron chi connectivity index (χ3n) is 8.77. The second kappa shape index (κ2) is 32.3.